The molecule has 108 valence electrons. The van der Waals surface area contributed by atoms with Gasteiger partial charge in [-0.25, -0.2) is 0 Å². The van der Waals surface area contributed by atoms with Crippen molar-refractivity contribution in [3.63, 3.8) is 0 Å². The van der Waals surface area contributed by atoms with E-state index in [9.17, 15) is 9.59 Å². The van der Waals surface area contributed by atoms with Crippen molar-refractivity contribution >= 4 is 11.9 Å². The van der Waals surface area contributed by atoms with Crippen molar-refractivity contribution in [2.75, 3.05) is 19.7 Å². The molecule has 0 saturated carbocycles. The molecule has 0 aromatic heterocycles. The van der Waals surface area contributed by atoms with E-state index in [1.165, 1.54) is 0 Å². The Labute approximate surface area is 118 Å². The minimum Gasteiger partial charge on any atom is -0.493 e. The van der Waals surface area contributed by atoms with Crippen LogP contribution in [0.15, 0.2) is 30.3 Å². The summed E-state index contributed by atoms with van der Waals surface area (Å²) in [5.74, 6) is -0.279. The lowest BCUT2D eigenvalue weighted by atomic mass is 9.97. The van der Waals surface area contributed by atoms with Crippen LogP contribution < -0.4 is 4.74 Å². The molecule has 0 atom stereocenters. The van der Waals surface area contributed by atoms with Crippen molar-refractivity contribution in [2.24, 2.45) is 5.92 Å². The molecule has 1 aliphatic heterocycles. The molecule has 5 nitrogen and oxygen atoms in total. The number of amides is 1. The molecule has 1 saturated heterocycles. The molecule has 1 aromatic rings. The molecule has 0 spiro atoms. The van der Waals surface area contributed by atoms with Crippen LogP contribution in [0.3, 0.4) is 0 Å². The summed E-state index contributed by atoms with van der Waals surface area (Å²) in [5, 5.41) is 8.91. The van der Waals surface area contributed by atoms with Gasteiger partial charge in [0.05, 0.1) is 18.9 Å². The Morgan fingerprint density at radius 1 is 1.20 bits per heavy atom. The van der Waals surface area contributed by atoms with Crippen molar-refractivity contribution in [1.82, 2.24) is 4.90 Å². The van der Waals surface area contributed by atoms with E-state index in [0.29, 0.717) is 39.0 Å². The number of piperidine rings is 1. The van der Waals surface area contributed by atoms with Gasteiger partial charge in [0.2, 0.25) is 5.91 Å². The number of nitrogens with zero attached hydrogens (tertiary/aromatic N) is 1. The quantitative estimate of drug-likeness (QED) is 0.891. The van der Waals surface area contributed by atoms with Crippen LogP contribution in [0.25, 0.3) is 0 Å². The van der Waals surface area contributed by atoms with Gasteiger partial charge in [-0.15, -0.1) is 0 Å². The van der Waals surface area contributed by atoms with E-state index in [2.05, 4.69) is 0 Å². The molecule has 0 aliphatic carbocycles. The topological polar surface area (TPSA) is 66.8 Å². The van der Waals surface area contributed by atoms with Crippen molar-refractivity contribution in [3.05, 3.63) is 30.3 Å². The maximum atomic E-state index is 12.0. The Hall–Kier alpha value is -2.04. The van der Waals surface area contributed by atoms with E-state index in [0.717, 1.165) is 5.75 Å². The summed E-state index contributed by atoms with van der Waals surface area (Å²) in [5.41, 5.74) is 0. The standard InChI is InChI=1S/C15H19NO4/c17-14(8-11-20-13-4-2-1-3-5-13)16-9-6-12(7-10-16)15(18)19/h1-5,12H,6-11H2,(H,18,19). The Morgan fingerprint density at radius 2 is 1.85 bits per heavy atom. The number of benzene rings is 1. The highest BCUT2D eigenvalue weighted by Crippen LogP contribution is 2.18. The van der Waals surface area contributed by atoms with Crippen molar-refractivity contribution in [1.29, 1.82) is 0 Å². The summed E-state index contributed by atoms with van der Waals surface area (Å²) in [7, 11) is 0. The van der Waals surface area contributed by atoms with E-state index in [4.69, 9.17) is 9.84 Å². The second-order valence-electron chi connectivity index (χ2n) is 4.90. The summed E-state index contributed by atoms with van der Waals surface area (Å²) >= 11 is 0. The summed E-state index contributed by atoms with van der Waals surface area (Å²) in [6.07, 6.45) is 1.41. The molecule has 1 heterocycles. The van der Waals surface area contributed by atoms with Crippen molar-refractivity contribution < 1.29 is 19.4 Å². The zero-order chi connectivity index (χ0) is 14.4. The number of likely N-dealkylation sites (tertiary alicyclic amines) is 1. The number of ether oxygens (including phenoxy) is 1. The number of carbonyl (C=O) groups is 2. The first-order valence-corrected chi connectivity index (χ1v) is 6.85. The fourth-order valence-corrected chi connectivity index (χ4v) is 2.31. The minimum atomic E-state index is -0.760. The molecule has 0 radical (unpaired) electrons. The van der Waals surface area contributed by atoms with Crippen LogP contribution in [0.2, 0.25) is 0 Å². The summed E-state index contributed by atoms with van der Waals surface area (Å²) in [4.78, 5) is 24.5. The monoisotopic (exact) mass is 277 g/mol. The fourth-order valence-electron chi connectivity index (χ4n) is 2.31. The maximum Gasteiger partial charge on any atom is 0.306 e. The number of carbonyl (C=O) groups excluding carboxylic acids is 1. The van der Waals surface area contributed by atoms with Gasteiger partial charge in [0.25, 0.3) is 0 Å². The van der Waals surface area contributed by atoms with Crippen LogP contribution in [0.1, 0.15) is 19.3 Å². The van der Waals surface area contributed by atoms with Crippen LogP contribution in [0.4, 0.5) is 0 Å². The third kappa shape index (κ3) is 3.98. The highest BCUT2D eigenvalue weighted by atomic mass is 16.5. The highest BCUT2D eigenvalue weighted by molar-refractivity contribution is 5.77. The van der Waals surface area contributed by atoms with Crippen molar-refractivity contribution in [2.45, 2.75) is 19.3 Å². The number of rotatable bonds is 5. The Balaban J connectivity index is 1.69. The smallest absolute Gasteiger partial charge is 0.306 e. The second-order valence-corrected chi connectivity index (χ2v) is 4.90. The van der Waals surface area contributed by atoms with Crippen LogP contribution in [-0.4, -0.2) is 41.6 Å². The molecule has 1 aliphatic rings. The van der Waals surface area contributed by atoms with Gasteiger partial charge < -0.3 is 14.7 Å². The van der Waals surface area contributed by atoms with E-state index < -0.39 is 5.97 Å². The molecule has 0 bridgehead atoms. The fraction of sp³-hybridized carbons (Fsp3) is 0.467. The van der Waals surface area contributed by atoms with Gasteiger partial charge in [0.1, 0.15) is 5.75 Å². The lowest BCUT2D eigenvalue weighted by molar-refractivity contribution is -0.145. The predicted octanol–water partition coefficient (Wildman–Crippen LogP) is 1.78. The average molecular weight is 277 g/mol. The lowest BCUT2D eigenvalue weighted by Crippen LogP contribution is -2.40. The van der Waals surface area contributed by atoms with Gasteiger partial charge >= 0.3 is 5.97 Å². The zero-order valence-electron chi connectivity index (χ0n) is 11.3. The number of hydrogen-bond acceptors (Lipinski definition) is 3. The molecule has 20 heavy (non-hydrogen) atoms. The first-order chi connectivity index (χ1) is 9.66. The highest BCUT2D eigenvalue weighted by Gasteiger charge is 2.26. The SMILES string of the molecule is O=C(O)C1CCN(C(=O)CCOc2ccccc2)CC1. The van der Waals surface area contributed by atoms with Crippen LogP contribution in [0.5, 0.6) is 5.75 Å². The predicted molar refractivity (Wildman–Crippen MR) is 73.5 cm³/mol. The molecule has 2 rings (SSSR count). The first kappa shape index (κ1) is 14.4. The summed E-state index contributed by atoms with van der Waals surface area (Å²) in [6, 6.07) is 9.37. The Bertz CT molecular complexity index is 452. The molecular formula is C15H19NO4. The molecule has 1 aromatic carbocycles. The van der Waals surface area contributed by atoms with E-state index >= 15 is 0 Å². The van der Waals surface area contributed by atoms with E-state index in [1.807, 2.05) is 30.3 Å². The molecule has 1 N–H and O–H groups in total. The number of carboxylic acids is 1. The van der Waals surface area contributed by atoms with E-state index in [-0.39, 0.29) is 11.8 Å². The summed E-state index contributed by atoms with van der Waals surface area (Å²) < 4.78 is 5.49. The largest absolute Gasteiger partial charge is 0.493 e. The molecule has 1 amide bonds. The van der Waals surface area contributed by atoms with Gasteiger partial charge in [0.15, 0.2) is 0 Å². The Morgan fingerprint density at radius 3 is 2.45 bits per heavy atom. The summed E-state index contributed by atoms with van der Waals surface area (Å²) in [6.45, 7) is 1.41. The number of hydrogen-bond donors (Lipinski definition) is 1. The van der Waals surface area contributed by atoms with Gasteiger partial charge in [-0.2, -0.15) is 0 Å². The molecule has 5 heteroatoms. The normalized spacial score (nSPS) is 15.9. The third-order valence-electron chi connectivity index (χ3n) is 3.52. The van der Waals surface area contributed by atoms with Crippen molar-refractivity contribution in [3.8, 4) is 5.75 Å². The van der Waals surface area contributed by atoms with Crippen LogP contribution >= 0.6 is 0 Å². The Kier molecular flexibility index (Phi) is 4.98. The number of carboxylic acid groups (broad SMARTS) is 1. The van der Waals surface area contributed by atoms with Gasteiger partial charge in [-0.05, 0) is 25.0 Å². The van der Waals surface area contributed by atoms with E-state index in [1.54, 1.807) is 4.90 Å². The lowest BCUT2D eigenvalue weighted by Gasteiger charge is -2.30. The third-order valence-corrected chi connectivity index (χ3v) is 3.52. The number of aliphatic carboxylic acids is 1. The average Bonchev–Trinajstić information content (AvgIpc) is 2.48. The van der Waals surface area contributed by atoms with Gasteiger partial charge in [0, 0.05) is 13.1 Å². The zero-order valence-corrected chi connectivity index (χ0v) is 11.3. The van der Waals surface area contributed by atoms with Crippen LogP contribution in [-0.2, 0) is 9.59 Å². The second kappa shape index (κ2) is 6.93. The minimum absolute atomic E-state index is 0.0322. The van der Waals surface area contributed by atoms with Crippen LogP contribution in [0, 0.1) is 5.92 Å². The molecular weight excluding hydrogens is 258 g/mol. The van der Waals surface area contributed by atoms with Gasteiger partial charge in [-0.3, -0.25) is 9.59 Å². The maximum absolute atomic E-state index is 12.0. The molecule has 1 fully saturated rings. The van der Waals surface area contributed by atoms with Gasteiger partial charge in [-0.1, -0.05) is 18.2 Å². The first-order valence-electron chi connectivity index (χ1n) is 6.85. The molecule has 0 unspecified atom stereocenters. The number of para-hydroxylation sites is 1.